The number of aromatic nitrogens is 3. The molecule has 5 nitrogen and oxygen atoms in total. The fraction of sp³-hybridized carbons (Fsp3) is 0.111. The third-order valence-corrected chi connectivity index (χ3v) is 2.10. The number of nitrogens with one attached hydrogen (secondary N) is 1. The average Bonchev–Trinajstić information content (AvgIpc) is 2.45. The Hall–Kier alpha value is -0.806. The first kappa shape index (κ1) is 12.3. The van der Waals surface area contributed by atoms with E-state index in [9.17, 15) is 4.79 Å². The van der Waals surface area contributed by atoms with E-state index in [4.69, 9.17) is 5.73 Å². The maximum absolute atomic E-state index is 11.2. The molecular weight excluding hydrogens is 269 g/mol. The summed E-state index contributed by atoms with van der Waals surface area (Å²) < 4.78 is 1.26. The summed E-state index contributed by atoms with van der Waals surface area (Å²) in [5, 5.41) is 0. The molecule has 0 bridgehead atoms. The SMILES string of the molecule is [CH2-]Cc1cc2c([nH]c(=O)n2[CH2-])c(N)n1.[Y]. The molecule has 0 spiro atoms. The summed E-state index contributed by atoms with van der Waals surface area (Å²) in [5.74, 6) is 0.306. The van der Waals surface area contributed by atoms with Gasteiger partial charge < -0.3 is 27.0 Å². The van der Waals surface area contributed by atoms with Crippen molar-refractivity contribution < 1.29 is 32.7 Å². The monoisotopic (exact) mass is 279 g/mol. The van der Waals surface area contributed by atoms with Crippen molar-refractivity contribution in [2.24, 2.45) is 0 Å². The number of fused-ring (bicyclic) bond motifs is 1. The van der Waals surface area contributed by atoms with E-state index < -0.39 is 0 Å². The van der Waals surface area contributed by atoms with Crippen LogP contribution in [0.5, 0.6) is 0 Å². The van der Waals surface area contributed by atoms with Crippen molar-refractivity contribution in [3.05, 3.63) is 36.2 Å². The van der Waals surface area contributed by atoms with E-state index in [-0.39, 0.29) is 38.4 Å². The summed E-state index contributed by atoms with van der Waals surface area (Å²) in [5.41, 5.74) is 7.29. The van der Waals surface area contributed by atoms with Crippen LogP contribution in [-0.4, -0.2) is 14.5 Å². The number of nitrogens with zero attached hydrogens (tertiary/aromatic N) is 2. The van der Waals surface area contributed by atoms with Gasteiger partial charge in [0.05, 0.1) is 0 Å². The minimum atomic E-state index is -0.297. The number of pyridine rings is 1. The van der Waals surface area contributed by atoms with Gasteiger partial charge in [-0.1, -0.05) is 6.07 Å². The van der Waals surface area contributed by atoms with Crippen LogP contribution >= 0.6 is 0 Å². The van der Waals surface area contributed by atoms with Crippen LogP contribution in [0.4, 0.5) is 5.82 Å². The molecule has 2 aromatic rings. The zero-order chi connectivity index (χ0) is 10.3. The fourth-order valence-electron chi connectivity index (χ4n) is 1.36. The fourth-order valence-corrected chi connectivity index (χ4v) is 1.36. The maximum atomic E-state index is 11.2. The topological polar surface area (TPSA) is 76.7 Å². The zero-order valence-electron chi connectivity index (χ0n) is 8.16. The summed E-state index contributed by atoms with van der Waals surface area (Å²) in [6.45, 7) is 3.70. The first-order valence-corrected chi connectivity index (χ1v) is 4.13. The van der Waals surface area contributed by atoms with Crippen LogP contribution in [0.2, 0.25) is 0 Å². The molecule has 2 rings (SSSR count). The molecule has 2 heterocycles. The smallest absolute Gasteiger partial charge is 0.214 e. The Kier molecular flexibility index (Phi) is 3.57. The summed E-state index contributed by atoms with van der Waals surface area (Å²) >= 11 is 0. The van der Waals surface area contributed by atoms with Gasteiger partial charge in [-0.3, -0.25) is 0 Å². The van der Waals surface area contributed by atoms with Crippen LogP contribution in [0.25, 0.3) is 11.0 Å². The zero-order valence-corrected chi connectivity index (χ0v) is 11.0. The van der Waals surface area contributed by atoms with E-state index in [1.807, 2.05) is 0 Å². The summed E-state index contributed by atoms with van der Waals surface area (Å²) in [6, 6.07) is 1.75. The second-order valence-electron chi connectivity index (χ2n) is 3.00. The van der Waals surface area contributed by atoms with E-state index >= 15 is 0 Å². The van der Waals surface area contributed by atoms with Crippen molar-refractivity contribution in [2.45, 2.75) is 6.42 Å². The van der Waals surface area contributed by atoms with Crippen LogP contribution in [0, 0.1) is 14.0 Å². The quantitative estimate of drug-likeness (QED) is 0.738. The Morgan fingerprint density at radius 2 is 2.27 bits per heavy atom. The number of hydrogen-bond acceptors (Lipinski definition) is 3. The van der Waals surface area contributed by atoms with Crippen LogP contribution in [0.3, 0.4) is 0 Å². The first-order chi connectivity index (χ1) is 6.63. The molecule has 0 amide bonds. The number of imidazole rings is 1. The van der Waals surface area contributed by atoms with E-state index in [2.05, 4.69) is 23.9 Å². The molecule has 1 radical (unpaired) electrons. The molecule has 0 aliphatic heterocycles. The average molecular weight is 279 g/mol. The van der Waals surface area contributed by atoms with Crippen LogP contribution in [0.1, 0.15) is 5.69 Å². The predicted octanol–water partition coefficient (Wildman–Crippen LogP) is 0.321. The van der Waals surface area contributed by atoms with Gasteiger partial charge >= 0.3 is 0 Å². The Bertz CT molecular complexity index is 543. The second kappa shape index (κ2) is 4.37. The van der Waals surface area contributed by atoms with Crippen LogP contribution < -0.4 is 11.4 Å². The third kappa shape index (κ3) is 1.94. The third-order valence-electron chi connectivity index (χ3n) is 2.10. The number of nitrogen functional groups attached to an aromatic ring is 1. The van der Waals surface area contributed by atoms with Crippen molar-refractivity contribution in [1.29, 1.82) is 0 Å². The van der Waals surface area contributed by atoms with Gasteiger partial charge in [-0.25, -0.2) is 4.98 Å². The Morgan fingerprint density at radius 3 is 2.87 bits per heavy atom. The van der Waals surface area contributed by atoms with Gasteiger partial charge in [-0.15, -0.1) is 13.5 Å². The first-order valence-electron chi connectivity index (χ1n) is 4.13. The van der Waals surface area contributed by atoms with Gasteiger partial charge in [0.2, 0.25) is 5.69 Å². The van der Waals surface area contributed by atoms with E-state index in [0.29, 0.717) is 23.3 Å². The number of rotatable bonds is 1. The van der Waals surface area contributed by atoms with Gasteiger partial charge in [-0.05, 0) is 5.52 Å². The van der Waals surface area contributed by atoms with Gasteiger partial charge in [-0.2, -0.15) is 0 Å². The molecule has 0 fully saturated rings. The van der Waals surface area contributed by atoms with E-state index in [1.54, 1.807) is 6.07 Å². The molecule has 0 aliphatic carbocycles. The van der Waals surface area contributed by atoms with Crippen molar-refractivity contribution in [3.63, 3.8) is 0 Å². The van der Waals surface area contributed by atoms with E-state index in [1.165, 1.54) is 4.57 Å². The van der Waals surface area contributed by atoms with Crippen molar-refractivity contribution in [2.75, 3.05) is 5.73 Å². The Labute approximate surface area is 112 Å². The molecule has 0 saturated carbocycles. The number of H-pyrrole nitrogens is 1. The molecule has 0 saturated heterocycles. The molecule has 0 aliphatic rings. The predicted molar refractivity (Wildman–Crippen MR) is 54.6 cm³/mol. The Morgan fingerprint density at radius 1 is 1.60 bits per heavy atom. The number of anilines is 1. The maximum Gasteiger partial charge on any atom is 0.214 e. The molecule has 77 valence electrons. The van der Waals surface area contributed by atoms with Crippen molar-refractivity contribution in [1.82, 2.24) is 14.5 Å². The van der Waals surface area contributed by atoms with Crippen LogP contribution in [-0.2, 0) is 39.1 Å². The number of hydrogen-bond donors (Lipinski definition) is 2. The standard InChI is InChI=1S/C9H10N4O.Y/c1-3-5-4-6-7(8(10)11-5)12-9(14)13(6)2;/h4H,1-3H2,(H2,10,11)(H,12,14);/q-2;. The molecule has 2 aromatic heterocycles. The second-order valence-corrected chi connectivity index (χ2v) is 3.00. The molecule has 15 heavy (non-hydrogen) atoms. The van der Waals surface area contributed by atoms with Gasteiger partial charge in [0.15, 0.2) is 0 Å². The molecule has 0 unspecified atom stereocenters. The molecule has 3 N–H and O–H groups in total. The molecule has 0 aromatic carbocycles. The minimum absolute atomic E-state index is 0. The van der Waals surface area contributed by atoms with Gasteiger partial charge in [0.1, 0.15) is 5.82 Å². The normalized spacial score (nSPS) is 10.2. The van der Waals surface area contributed by atoms with Gasteiger partial charge in [0, 0.05) is 43.9 Å². The van der Waals surface area contributed by atoms with Gasteiger partial charge in [0.25, 0.3) is 0 Å². The summed E-state index contributed by atoms with van der Waals surface area (Å²) in [7, 11) is 3.59. The van der Waals surface area contributed by atoms with Crippen molar-refractivity contribution >= 4 is 16.9 Å². The number of nitrogens with two attached hydrogens (primary N) is 1. The molecular formula is C9H10N4OY-2. The number of aromatic amines is 1. The Balaban J connectivity index is 0.00000112. The summed E-state index contributed by atoms with van der Waals surface area (Å²) in [6.07, 6.45) is 0.527. The van der Waals surface area contributed by atoms with Crippen LogP contribution in [0.15, 0.2) is 10.9 Å². The van der Waals surface area contributed by atoms with E-state index in [0.717, 1.165) is 5.69 Å². The summed E-state index contributed by atoms with van der Waals surface area (Å²) in [4.78, 5) is 17.9. The van der Waals surface area contributed by atoms with Crippen molar-refractivity contribution in [3.8, 4) is 0 Å². The molecule has 0 atom stereocenters. The minimum Gasteiger partial charge on any atom is -0.433 e. The molecule has 6 heteroatoms. The largest absolute Gasteiger partial charge is 0.433 e.